The van der Waals surface area contributed by atoms with E-state index in [4.69, 9.17) is 11.5 Å². The number of nitrogens with two attached hydrogens (primary N) is 2. The third-order valence-electron chi connectivity index (χ3n) is 4.03. The molecule has 0 aliphatic heterocycles. The molecule has 0 aliphatic carbocycles. The molecule has 26 heavy (non-hydrogen) atoms. The summed E-state index contributed by atoms with van der Waals surface area (Å²) in [5.41, 5.74) is 13.6. The zero-order chi connectivity index (χ0) is 18.3. The summed E-state index contributed by atoms with van der Waals surface area (Å²) in [7, 11) is 0. The van der Waals surface area contributed by atoms with Crippen LogP contribution in [0.2, 0.25) is 0 Å². The zero-order valence-corrected chi connectivity index (χ0v) is 13.5. The van der Waals surface area contributed by atoms with Crippen molar-refractivity contribution in [1.29, 1.82) is 0 Å². The summed E-state index contributed by atoms with van der Waals surface area (Å²) < 4.78 is 29.2. The number of halogens is 2. The average molecular weight is 352 g/mol. The summed E-state index contributed by atoms with van der Waals surface area (Å²) in [4.78, 5) is 8.32. The van der Waals surface area contributed by atoms with Crippen molar-refractivity contribution in [3.63, 3.8) is 0 Å². The first-order valence-corrected chi connectivity index (χ1v) is 7.82. The first kappa shape index (κ1) is 15.9. The van der Waals surface area contributed by atoms with Gasteiger partial charge in [0.15, 0.2) is 5.82 Å². The molecule has 1 aromatic carbocycles. The van der Waals surface area contributed by atoms with E-state index >= 15 is 0 Å². The van der Waals surface area contributed by atoms with E-state index in [0.29, 0.717) is 33.8 Å². The topological polar surface area (TPSA) is 95.6 Å². The molecule has 0 spiro atoms. The van der Waals surface area contributed by atoms with Crippen molar-refractivity contribution in [1.82, 2.24) is 19.7 Å². The van der Waals surface area contributed by atoms with Crippen LogP contribution in [0.3, 0.4) is 0 Å². The van der Waals surface area contributed by atoms with Gasteiger partial charge in [0.05, 0.1) is 23.1 Å². The predicted molar refractivity (Wildman–Crippen MR) is 94.6 cm³/mol. The molecule has 4 N–H and O–H groups in total. The molecule has 8 heteroatoms. The van der Waals surface area contributed by atoms with Crippen molar-refractivity contribution in [2.75, 3.05) is 11.5 Å². The fraction of sp³-hybridized carbons (Fsp3) is 0.0556. The van der Waals surface area contributed by atoms with Crippen LogP contribution in [0, 0.1) is 11.6 Å². The summed E-state index contributed by atoms with van der Waals surface area (Å²) in [5, 5.41) is 4.47. The molecule has 0 saturated heterocycles. The maximum absolute atomic E-state index is 14.0. The van der Waals surface area contributed by atoms with Gasteiger partial charge in [0.25, 0.3) is 0 Å². The van der Waals surface area contributed by atoms with Crippen molar-refractivity contribution >= 4 is 22.5 Å². The summed E-state index contributed by atoms with van der Waals surface area (Å²) in [6.45, 7) is 0. The molecule has 0 aliphatic rings. The van der Waals surface area contributed by atoms with E-state index < -0.39 is 5.82 Å². The summed E-state index contributed by atoms with van der Waals surface area (Å²) in [6.07, 6.45) is 1.31. The van der Waals surface area contributed by atoms with Gasteiger partial charge in [-0.25, -0.2) is 23.4 Å². The Morgan fingerprint density at radius 1 is 1.04 bits per heavy atom. The highest BCUT2D eigenvalue weighted by atomic mass is 19.1. The van der Waals surface area contributed by atoms with Crippen LogP contribution in [0.5, 0.6) is 0 Å². The van der Waals surface area contributed by atoms with Gasteiger partial charge in [-0.05, 0) is 23.8 Å². The molecular formula is C18H14F2N6. The maximum Gasteiger partial charge on any atom is 0.156 e. The van der Waals surface area contributed by atoms with E-state index in [1.807, 2.05) is 0 Å². The Labute approximate surface area is 147 Å². The number of pyridine rings is 2. The molecule has 3 aromatic heterocycles. The monoisotopic (exact) mass is 352 g/mol. The number of rotatable bonds is 3. The second-order valence-corrected chi connectivity index (χ2v) is 5.79. The normalized spacial score (nSPS) is 11.2. The van der Waals surface area contributed by atoms with Gasteiger partial charge in [0.1, 0.15) is 23.0 Å². The van der Waals surface area contributed by atoms with Gasteiger partial charge in [-0.1, -0.05) is 18.2 Å². The van der Waals surface area contributed by atoms with E-state index in [1.54, 1.807) is 30.3 Å². The fourth-order valence-electron chi connectivity index (χ4n) is 2.74. The van der Waals surface area contributed by atoms with E-state index in [9.17, 15) is 8.78 Å². The van der Waals surface area contributed by atoms with Crippen molar-refractivity contribution in [2.45, 2.75) is 6.42 Å². The van der Waals surface area contributed by atoms with Crippen LogP contribution >= 0.6 is 0 Å². The average Bonchev–Trinajstić information content (AvgIpc) is 2.97. The number of hydrogen-bond acceptors (Lipinski definition) is 5. The van der Waals surface area contributed by atoms with Gasteiger partial charge >= 0.3 is 0 Å². The predicted octanol–water partition coefficient (Wildman–Crippen LogP) is 2.85. The molecule has 0 unspecified atom stereocenters. The minimum absolute atomic E-state index is 0.145. The minimum atomic E-state index is -0.514. The van der Waals surface area contributed by atoms with Crippen molar-refractivity contribution in [3.8, 4) is 5.82 Å². The van der Waals surface area contributed by atoms with Crippen molar-refractivity contribution in [3.05, 3.63) is 71.6 Å². The second kappa shape index (κ2) is 6.07. The highest BCUT2D eigenvalue weighted by Gasteiger charge is 2.17. The van der Waals surface area contributed by atoms with Crippen LogP contribution in [-0.4, -0.2) is 19.7 Å². The zero-order valence-electron chi connectivity index (χ0n) is 13.5. The molecule has 0 atom stereocenters. The molecule has 0 bridgehead atoms. The summed E-state index contributed by atoms with van der Waals surface area (Å²) >= 11 is 0. The lowest BCUT2D eigenvalue weighted by Crippen LogP contribution is -2.05. The molecule has 0 radical (unpaired) electrons. The quantitative estimate of drug-likeness (QED) is 0.591. The van der Waals surface area contributed by atoms with Gasteiger partial charge in [0, 0.05) is 12.5 Å². The fourth-order valence-corrected chi connectivity index (χ4v) is 2.74. The van der Waals surface area contributed by atoms with Crippen molar-refractivity contribution < 1.29 is 8.78 Å². The third-order valence-corrected chi connectivity index (χ3v) is 4.03. The van der Waals surface area contributed by atoms with Gasteiger partial charge in [0.2, 0.25) is 0 Å². The van der Waals surface area contributed by atoms with Gasteiger partial charge < -0.3 is 11.5 Å². The molecular weight excluding hydrogens is 338 g/mol. The Morgan fingerprint density at radius 2 is 1.85 bits per heavy atom. The molecule has 0 saturated carbocycles. The highest BCUT2D eigenvalue weighted by molar-refractivity contribution is 5.79. The smallest absolute Gasteiger partial charge is 0.156 e. The van der Waals surface area contributed by atoms with Gasteiger partial charge in [-0.3, -0.25) is 0 Å². The van der Waals surface area contributed by atoms with E-state index in [1.165, 1.54) is 16.8 Å². The largest absolute Gasteiger partial charge is 0.396 e. The number of nitrogens with zero attached hydrogens (tertiary/aromatic N) is 4. The van der Waals surface area contributed by atoms with Crippen LogP contribution < -0.4 is 11.5 Å². The maximum atomic E-state index is 14.0. The number of aromatic nitrogens is 4. The van der Waals surface area contributed by atoms with E-state index in [-0.39, 0.29) is 18.1 Å². The lowest BCUT2D eigenvalue weighted by Gasteiger charge is -2.05. The lowest BCUT2D eigenvalue weighted by molar-refractivity contribution is 0.613. The number of anilines is 2. The van der Waals surface area contributed by atoms with E-state index in [2.05, 4.69) is 15.1 Å². The molecule has 130 valence electrons. The Hall–Kier alpha value is -3.55. The van der Waals surface area contributed by atoms with Crippen molar-refractivity contribution in [2.24, 2.45) is 0 Å². The lowest BCUT2D eigenvalue weighted by atomic mass is 10.1. The van der Waals surface area contributed by atoms with Crippen LogP contribution in [0.15, 0.2) is 48.7 Å². The first-order chi connectivity index (χ1) is 12.5. The molecule has 0 amide bonds. The SMILES string of the molecule is Nc1ccc(-n2nc(Cc3ccccc3F)c3ncc(F)cc32)nc1N. The Morgan fingerprint density at radius 3 is 2.62 bits per heavy atom. The van der Waals surface area contributed by atoms with Crippen LogP contribution in [0.25, 0.3) is 16.9 Å². The summed E-state index contributed by atoms with van der Waals surface area (Å²) in [5.74, 6) is -0.341. The number of nitrogen functional groups attached to an aromatic ring is 2. The molecule has 4 rings (SSSR count). The highest BCUT2D eigenvalue weighted by Crippen LogP contribution is 2.24. The number of hydrogen-bond donors (Lipinski definition) is 2. The Balaban J connectivity index is 1.89. The van der Waals surface area contributed by atoms with E-state index in [0.717, 1.165) is 6.20 Å². The Bertz CT molecular complexity index is 1120. The first-order valence-electron chi connectivity index (χ1n) is 7.82. The molecule has 0 fully saturated rings. The van der Waals surface area contributed by atoms with Crippen LogP contribution in [0.1, 0.15) is 11.3 Å². The summed E-state index contributed by atoms with van der Waals surface area (Å²) in [6, 6.07) is 10.9. The third kappa shape index (κ3) is 2.71. The molecule has 3 heterocycles. The van der Waals surface area contributed by atoms with Crippen LogP contribution in [0.4, 0.5) is 20.3 Å². The molecule has 4 aromatic rings. The number of fused-ring (bicyclic) bond motifs is 1. The van der Waals surface area contributed by atoms with Crippen LogP contribution in [-0.2, 0) is 6.42 Å². The standard InChI is InChI=1S/C18H14F2N6/c19-11-8-15-17(23-9-11)14(7-10-3-1-2-4-12(10)20)25-26(15)16-6-5-13(21)18(22)24-16/h1-6,8-9H,7,21H2,(H2,22,24). The Kier molecular flexibility index (Phi) is 3.72. The second-order valence-electron chi connectivity index (χ2n) is 5.79. The van der Waals surface area contributed by atoms with Gasteiger partial charge in [-0.2, -0.15) is 5.10 Å². The van der Waals surface area contributed by atoms with Gasteiger partial charge in [-0.15, -0.1) is 0 Å². The number of benzene rings is 1. The minimum Gasteiger partial charge on any atom is -0.396 e. The molecule has 6 nitrogen and oxygen atoms in total.